The minimum absolute atomic E-state index is 0.746. The lowest BCUT2D eigenvalue weighted by atomic mass is 10.0. The molecule has 1 aliphatic heterocycles. The van der Waals surface area contributed by atoms with Crippen LogP contribution in [0, 0.1) is 5.92 Å². The SMILES string of the molecule is CC(C)C/C1=C/NC/C=C\C=C/C1. The van der Waals surface area contributed by atoms with Crippen LogP contribution in [0.5, 0.6) is 0 Å². The molecule has 1 aliphatic rings. The van der Waals surface area contributed by atoms with Gasteiger partial charge in [0.05, 0.1) is 0 Å². The van der Waals surface area contributed by atoms with Crippen LogP contribution in [-0.4, -0.2) is 6.54 Å². The van der Waals surface area contributed by atoms with Gasteiger partial charge in [-0.2, -0.15) is 0 Å². The average molecular weight is 177 g/mol. The van der Waals surface area contributed by atoms with Gasteiger partial charge in [0.1, 0.15) is 0 Å². The molecule has 72 valence electrons. The monoisotopic (exact) mass is 177 g/mol. The molecule has 13 heavy (non-hydrogen) atoms. The largest absolute Gasteiger partial charge is 0.387 e. The molecule has 0 radical (unpaired) electrons. The van der Waals surface area contributed by atoms with Crippen LogP contribution in [0.15, 0.2) is 36.1 Å². The van der Waals surface area contributed by atoms with E-state index in [0.29, 0.717) is 0 Å². The molecule has 0 aromatic heterocycles. The molecule has 0 unspecified atom stereocenters. The Bertz CT molecular complexity index is 221. The summed E-state index contributed by atoms with van der Waals surface area (Å²) in [6, 6.07) is 0. The van der Waals surface area contributed by atoms with Crippen molar-refractivity contribution in [2.45, 2.75) is 26.7 Å². The van der Waals surface area contributed by atoms with Crippen LogP contribution < -0.4 is 5.32 Å². The van der Waals surface area contributed by atoms with Crippen molar-refractivity contribution in [3.8, 4) is 0 Å². The van der Waals surface area contributed by atoms with E-state index in [1.165, 1.54) is 12.0 Å². The first kappa shape index (κ1) is 10.1. The topological polar surface area (TPSA) is 12.0 Å². The van der Waals surface area contributed by atoms with Crippen molar-refractivity contribution in [1.29, 1.82) is 0 Å². The van der Waals surface area contributed by atoms with Crippen molar-refractivity contribution in [2.75, 3.05) is 6.54 Å². The minimum atomic E-state index is 0.746. The second-order valence-corrected chi connectivity index (χ2v) is 3.87. The van der Waals surface area contributed by atoms with Gasteiger partial charge >= 0.3 is 0 Å². The fourth-order valence-corrected chi connectivity index (χ4v) is 1.44. The molecule has 0 saturated carbocycles. The van der Waals surface area contributed by atoms with Crippen LogP contribution in [-0.2, 0) is 0 Å². The van der Waals surface area contributed by atoms with E-state index < -0.39 is 0 Å². The Kier molecular flexibility index (Phi) is 4.37. The first-order chi connectivity index (χ1) is 6.29. The van der Waals surface area contributed by atoms with Crippen LogP contribution >= 0.6 is 0 Å². The van der Waals surface area contributed by atoms with Crippen LogP contribution in [0.3, 0.4) is 0 Å². The maximum absolute atomic E-state index is 3.29. The van der Waals surface area contributed by atoms with E-state index in [1.54, 1.807) is 0 Å². The first-order valence-corrected chi connectivity index (χ1v) is 5.02. The molecular weight excluding hydrogens is 158 g/mol. The number of hydrogen-bond donors (Lipinski definition) is 1. The van der Waals surface area contributed by atoms with Gasteiger partial charge < -0.3 is 5.32 Å². The van der Waals surface area contributed by atoms with Gasteiger partial charge in [0.2, 0.25) is 0 Å². The second-order valence-electron chi connectivity index (χ2n) is 3.87. The van der Waals surface area contributed by atoms with Crippen molar-refractivity contribution in [3.05, 3.63) is 36.1 Å². The number of rotatable bonds is 2. The molecule has 0 aromatic rings. The van der Waals surface area contributed by atoms with Gasteiger partial charge in [-0.1, -0.05) is 43.7 Å². The van der Waals surface area contributed by atoms with Crippen LogP contribution in [0.2, 0.25) is 0 Å². The van der Waals surface area contributed by atoms with Crippen molar-refractivity contribution in [3.63, 3.8) is 0 Å². The zero-order chi connectivity index (χ0) is 9.52. The maximum Gasteiger partial charge on any atom is 0.0328 e. The Morgan fingerprint density at radius 3 is 2.85 bits per heavy atom. The molecule has 1 rings (SSSR count). The minimum Gasteiger partial charge on any atom is -0.387 e. The summed E-state index contributed by atoms with van der Waals surface area (Å²) in [5, 5.41) is 3.29. The zero-order valence-corrected chi connectivity index (χ0v) is 8.59. The number of nitrogens with one attached hydrogen (secondary N) is 1. The molecule has 0 bridgehead atoms. The van der Waals surface area contributed by atoms with Crippen LogP contribution in [0.1, 0.15) is 26.7 Å². The van der Waals surface area contributed by atoms with Crippen molar-refractivity contribution >= 4 is 0 Å². The summed E-state index contributed by atoms with van der Waals surface area (Å²) < 4.78 is 0. The third-order valence-electron chi connectivity index (χ3n) is 1.98. The summed E-state index contributed by atoms with van der Waals surface area (Å²) in [5.74, 6) is 0.746. The van der Waals surface area contributed by atoms with E-state index in [2.05, 4.69) is 49.7 Å². The summed E-state index contributed by atoms with van der Waals surface area (Å²) in [4.78, 5) is 0. The molecule has 0 amide bonds. The van der Waals surface area contributed by atoms with Gasteiger partial charge in [-0.3, -0.25) is 0 Å². The molecule has 0 aliphatic carbocycles. The predicted octanol–water partition coefficient (Wildman–Crippen LogP) is 3.02. The predicted molar refractivity (Wildman–Crippen MR) is 58.4 cm³/mol. The van der Waals surface area contributed by atoms with Crippen molar-refractivity contribution in [2.24, 2.45) is 5.92 Å². The van der Waals surface area contributed by atoms with Gasteiger partial charge in [0, 0.05) is 6.54 Å². The van der Waals surface area contributed by atoms with Gasteiger partial charge in [0.25, 0.3) is 0 Å². The number of allylic oxidation sites excluding steroid dienone is 4. The Hall–Kier alpha value is -0.980. The highest BCUT2D eigenvalue weighted by Gasteiger charge is 1.99. The summed E-state index contributed by atoms with van der Waals surface area (Å²) >= 11 is 0. The highest BCUT2D eigenvalue weighted by atomic mass is 14.8. The van der Waals surface area contributed by atoms with Crippen molar-refractivity contribution < 1.29 is 0 Å². The van der Waals surface area contributed by atoms with Gasteiger partial charge in [-0.25, -0.2) is 0 Å². The third kappa shape index (κ3) is 4.56. The van der Waals surface area contributed by atoms with E-state index in [1.807, 2.05) is 0 Å². The lowest BCUT2D eigenvalue weighted by Gasteiger charge is -2.08. The molecule has 0 atom stereocenters. The summed E-state index contributed by atoms with van der Waals surface area (Å²) in [6.07, 6.45) is 13.0. The van der Waals surface area contributed by atoms with Gasteiger partial charge in [-0.05, 0) is 25.0 Å². The van der Waals surface area contributed by atoms with Gasteiger partial charge in [-0.15, -0.1) is 0 Å². The summed E-state index contributed by atoms with van der Waals surface area (Å²) in [7, 11) is 0. The molecule has 1 heteroatoms. The van der Waals surface area contributed by atoms with E-state index in [-0.39, 0.29) is 0 Å². The van der Waals surface area contributed by atoms with E-state index in [0.717, 1.165) is 18.9 Å². The Morgan fingerprint density at radius 1 is 1.31 bits per heavy atom. The quantitative estimate of drug-likeness (QED) is 0.683. The van der Waals surface area contributed by atoms with E-state index in [9.17, 15) is 0 Å². The molecule has 1 heterocycles. The Balaban J connectivity index is 2.51. The van der Waals surface area contributed by atoms with E-state index >= 15 is 0 Å². The molecule has 0 saturated heterocycles. The Labute approximate surface area is 81.2 Å². The average Bonchev–Trinajstić information content (AvgIpc) is 2.17. The number of hydrogen-bond acceptors (Lipinski definition) is 1. The fourth-order valence-electron chi connectivity index (χ4n) is 1.44. The lowest BCUT2D eigenvalue weighted by Crippen LogP contribution is -2.06. The molecule has 1 nitrogen and oxygen atoms in total. The lowest BCUT2D eigenvalue weighted by molar-refractivity contribution is 0.631. The maximum atomic E-state index is 3.29. The standard InChI is InChI=1S/C12H19N/c1-11(2)9-12-7-5-3-4-6-8-13-10-12/h3-6,10-11,13H,7-9H2,1-2H3/b5-3-,6-4-,12-10+. The third-order valence-corrected chi connectivity index (χ3v) is 1.98. The molecule has 0 fully saturated rings. The molecular formula is C12H19N. The fraction of sp³-hybridized carbons (Fsp3) is 0.500. The second kappa shape index (κ2) is 5.63. The summed E-state index contributed by atoms with van der Waals surface area (Å²) in [5.41, 5.74) is 1.50. The Morgan fingerprint density at radius 2 is 2.08 bits per heavy atom. The van der Waals surface area contributed by atoms with Crippen LogP contribution in [0.25, 0.3) is 0 Å². The van der Waals surface area contributed by atoms with Gasteiger partial charge in [0.15, 0.2) is 0 Å². The highest BCUT2D eigenvalue weighted by molar-refractivity contribution is 5.13. The smallest absolute Gasteiger partial charge is 0.0328 e. The highest BCUT2D eigenvalue weighted by Crippen LogP contribution is 2.14. The first-order valence-electron chi connectivity index (χ1n) is 5.02. The molecule has 1 N–H and O–H groups in total. The van der Waals surface area contributed by atoms with Crippen LogP contribution in [0.4, 0.5) is 0 Å². The normalized spacial score (nSPS) is 26.2. The molecule has 0 spiro atoms. The van der Waals surface area contributed by atoms with E-state index in [4.69, 9.17) is 0 Å². The molecule has 0 aromatic carbocycles. The van der Waals surface area contributed by atoms with Crippen molar-refractivity contribution in [1.82, 2.24) is 5.32 Å². The zero-order valence-electron chi connectivity index (χ0n) is 8.59. The summed E-state index contributed by atoms with van der Waals surface area (Å²) in [6.45, 7) is 5.46.